The molecule has 0 aliphatic carbocycles. The first kappa shape index (κ1) is 16.1. The van der Waals surface area contributed by atoms with Gasteiger partial charge in [-0.3, -0.25) is 4.79 Å². The van der Waals surface area contributed by atoms with E-state index in [4.69, 9.17) is 23.2 Å². The van der Waals surface area contributed by atoms with Crippen molar-refractivity contribution in [3.05, 3.63) is 33.8 Å². The van der Waals surface area contributed by atoms with Crippen molar-refractivity contribution in [1.29, 1.82) is 5.26 Å². The van der Waals surface area contributed by atoms with Crippen molar-refractivity contribution >= 4 is 29.1 Å². The summed E-state index contributed by atoms with van der Waals surface area (Å²) in [5.41, 5.74) is 0.784. The van der Waals surface area contributed by atoms with E-state index in [1.54, 1.807) is 23.1 Å². The standard InChI is InChI=1S/C16H18Cl2N2O/c1-11-4-6-20(7-5-11)16(21)13(10-19)8-12-2-3-14(17)9-15(12)18/h2-3,9,11,13H,4-8H2,1H3. The molecule has 0 spiro atoms. The third kappa shape index (κ3) is 4.12. The molecule has 1 saturated heterocycles. The number of carbonyl (C=O) groups is 1. The van der Waals surface area contributed by atoms with Crippen LogP contribution in [0.4, 0.5) is 0 Å². The smallest absolute Gasteiger partial charge is 0.240 e. The molecule has 1 aliphatic heterocycles. The lowest BCUT2D eigenvalue weighted by Gasteiger charge is -2.31. The lowest BCUT2D eigenvalue weighted by molar-refractivity contribution is -0.135. The second-order valence-corrected chi connectivity index (χ2v) is 6.47. The van der Waals surface area contributed by atoms with Crippen molar-refractivity contribution in [3.8, 4) is 6.07 Å². The number of likely N-dealkylation sites (tertiary alicyclic amines) is 1. The van der Waals surface area contributed by atoms with E-state index in [1.165, 1.54) is 0 Å². The van der Waals surface area contributed by atoms with Gasteiger partial charge in [-0.2, -0.15) is 5.26 Å². The highest BCUT2D eigenvalue weighted by Crippen LogP contribution is 2.25. The Morgan fingerprint density at radius 3 is 2.67 bits per heavy atom. The van der Waals surface area contributed by atoms with Crippen LogP contribution in [0.25, 0.3) is 0 Å². The van der Waals surface area contributed by atoms with Crippen molar-refractivity contribution in [2.75, 3.05) is 13.1 Å². The fourth-order valence-electron chi connectivity index (χ4n) is 2.54. The zero-order chi connectivity index (χ0) is 15.4. The number of carbonyl (C=O) groups excluding carboxylic acids is 1. The summed E-state index contributed by atoms with van der Waals surface area (Å²) in [6, 6.07) is 7.26. The molecule has 1 heterocycles. The minimum Gasteiger partial charge on any atom is -0.342 e. The average Bonchev–Trinajstić information content (AvgIpc) is 2.47. The van der Waals surface area contributed by atoms with Gasteiger partial charge in [-0.05, 0) is 42.9 Å². The Labute approximate surface area is 135 Å². The average molecular weight is 325 g/mol. The lowest BCUT2D eigenvalue weighted by Crippen LogP contribution is -2.41. The van der Waals surface area contributed by atoms with Gasteiger partial charge in [-0.15, -0.1) is 0 Å². The molecule has 1 fully saturated rings. The van der Waals surface area contributed by atoms with Crippen molar-refractivity contribution < 1.29 is 4.79 Å². The molecule has 1 aromatic rings. The van der Waals surface area contributed by atoms with Crippen LogP contribution in [0.15, 0.2) is 18.2 Å². The number of nitriles is 1. The third-order valence-corrected chi connectivity index (χ3v) is 4.58. The Morgan fingerprint density at radius 1 is 1.43 bits per heavy atom. The maximum Gasteiger partial charge on any atom is 0.240 e. The molecule has 1 atom stereocenters. The monoisotopic (exact) mass is 324 g/mol. The van der Waals surface area contributed by atoms with Gasteiger partial charge in [0, 0.05) is 23.1 Å². The number of amides is 1. The van der Waals surface area contributed by atoms with Gasteiger partial charge in [-0.1, -0.05) is 36.2 Å². The zero-order valence-electron chi connectivity index (χ0n) is 12.0. The quantitative estimate of drug-likeness (QED) is 0.845. The van der Waals surface area contributed by atoms with Gasteiger partial charge in [0.05, 0.1) is 6.07 Å². The first-order valence-electron chi connectivity index (χ1n) is 7.13. The molecule has 3 nitrogen and oxygen atoms in total. The molecular weight excluding hydrogens is 307 g/mol. The van der Waals surface area contributed by atoms with Crippen molar-refractivity contribution in [3.63, 3.8) is 0 Å². The number of halogens is 2. The number of benzene rings is 1. The van der Waals surface area contributed by atoms with Crippen LogP contribution in [-0.2, 0) is 11.2 Å². The van der Waals surface area contributed by atoms with Crippen LogP contribution in [-0.4, -0.2) is 23.9 Å². The van der Waals surface area contributed by atoms with Gasteiger partial charge in [0.15, 0.2) is 0 Å². The van der Waals surface area contributed by atoms with Crippen molar-refractivity contribution in [2.45, 2.75) is 26.2 Å². The molecule has 0 aromatic heterocycles. The fourth-order valence-corrected chi connectivity index (χ4v) is 3.03. The Balaban J connectivity index is 2.06. The summed E-state index contributed by atoms with van der Waals surface area (Å²) in [5.74, 6) is -0.118. The van der Waals surface area contributed by atoms with E-state index in [9.17, 15) is 10.1 Å². The minimum absolute atomic E-state index is 0.0876. The molecule has 1 aliphatic rings. The van der Waals surface area contributed by atoms with Crippen molar-refractivity contribution in [2.24, 2.45) is 11.8 Å². The Morgan fingerprint density at radius 2 is 2.10 bits per heavy atom. The third-order valence-electron chi connectivity index (χ3n) is 3.99. The number of nitrogens with zero attached hydrogens (tertiary/aromatic N) is 2. The zero-order valence-corrected chi connectivity index (χ0v) is 13.5. The summed E-state index contributed by atoms with van der Waals surface area (Å²) < 4.78 is 0. The van der Waals surface area contributed by atoms with Gasteiger partial charge >= 0.3 is 0 Å². The molecule has 1 amide bonds. The molecule has 0 bridgehead atoms. The van der Waals surface area contributed by atoms with Crippen LogP contribution in [0.3, 0.4) is 0 Å². The normalized spacial score (nSPS) is 17.3. The molecule has 21 heavy (non-hydrogen) atoms. The van der Waals surface area contributed by atoms with E-state index >= 15 is 0 Å². The van der Waals surface area contributed by atoms with Crippen LogP contribution < -0.4 is 0 Å². The summed E-state index contributed by atoms with van der Waals surface area (Å²) >= 11 is 12.0. The van der Waals surface area contributed by atoms with Gasteiger partial charge in [0.1, 0.15) is 5.92 Å². The van der Waals surface area contributed by atoms with Crippen LogP contribution in [0.5, 0.6) is 0 Å². The molecule has 5 heteroatoms. The SMILES string of the molecule is CC1CCN(C(=O)C(C#N)Cc2ccc(Cl)cc2Cl)CC1. The Kier molecular flexibility index (Phi) is 5.50. The highest BCUT2D eigenvalue weighted by atomic mass is 35.5. The highest BCUT2D eigenvalue weighted by Gasteiger charge is 2.27. The van der Waals surface area contributed by atoms with Crippen LogP contribution >= 0.6 is 23.2 Å². The molecule has 1 aromatic carbocycles. The summed E-state index contributed by atoms with van der Waals surface area (Å²) in [7, 11) is 0. The summed E-state index contributed by atoms with van der Waals surface area (Å²) in [5, 5.41) is 10.4. The molecule has 0 radical (unpaired) electrons. The Bertz CT molecular complexity index is 560. The molecule has 1 unspecified atom stereocenters. The fraction of sp³-hybridized carbons (Fsp3) is 0.500. The van der Waals surface area contributed by atoms with E-state index in [-0.39, 0.29) is 5.91 Å². The van der Waals surface area contributed by atoms with Gasteiger partial charge in [0.25, 0.3) is 0 Å². The molecule has 0 saturated carbocycles. The van der Waals surface area contributed by atoms with Gasteiger partial charge < -0.3 is 4.90 Å². The van der Waals surface area contributed by atoms with Crippen molar-refractivity contribution in [1.82, 2.24) is 4.90 Å². The number of hydrogen-bond donors (Lipinski definition) is 0. The van der Waals surface area contributed by atoms with E-state index < -0.39 is 5.92 Å². The second-order valence-electron chi connectivity index (χ2n) is 5.63. The van der Waals surface area contributed by atoms with E-state index in [0.717, 1.165) is 31.5 Å². The summed E-state index contributed by atoms with van der Waals surface area (Å²) in [6.45, 7) is 3.68. The lowest BCUT2D eigenvalue weighted by atomic mass is 9.95. The van der Waals surface area contributed by atoms with E-state index in [0.29, 0.717) is 22.4 Å². The predicted octanol–water partition coefficient (Wildman–Crippen LogP) is 3.93. The topological polar surface area (TPSA) is 44.1 Å². The Hall–Kier alpha value is -1.24. The van der Waals surface area contributed by atoms with E-state index in [2.05, 4.69) is 13.0 Å². The number of piperidine rings is 1. The van der Waals surface area contributed by atoms with Crippen LogP contribution in [0, 0.1) is 23.2 Å². The molecule has 2 rings (SSSR count). The summed E-state index contributed by atoms with van der Waals surface area (Å²) in [6.07, 6.45) is 2.34. The maximum absolute atomic E-state index is 12.5. The maximum atomic E-state index is 12.5. The minimum atomic E-state index is -0.683. The van der Waals surface area contributed by atoms with Crippen LogP contribution in [0.1, 0.15) is 25.3 Å². The second kappa shape index (κ2) is 7.15. The van der Waals surface area contributed by atoms with Crippen LogP contribution in [0.2, 0.25) is 10.0 Å². The molecular formula is C16H18Cl2N2O. The number of hydrogen-bond acceptors (Lipinski definition) is 2. The van der Waals surface area contributed by atoms with Gasteiger partial charge in [-0.25, -0.2) is 0 Å². The first-order chi connectivity index (χ1) is 10.0. The van der Waals surface area contributed by atoms with Gasteiger partial charge in [0.2, 0.25) is 5.91 Å². The largest absolute Gasteiger partial charge is 0.342 e. The van der Waals surface area contributed by atoms with E-state index in [1.807, 2.05) is 0 Å². The number of rotatable bonds is 3. The predicted molar refractivity (Wildman–Crippen MR) is 84.2 cm³/mol. The molecule has 112 valence electrons. The highest BCUT2D eigenvalue weighted by molar-refractivity contribution is 6.35. The molecule has 0 N–H and O–H groups in total. The summed E-state index contributed by atoms with van der Waals surface area (Å²) in [4.78, 5) is 14.3. The first-order valence-corrected chi connectivity index (χ1v) is 7.89.